The molecule has 0 saturated heterocycles. The van der Waals surface area contributed by atoms with E-state index in [1.807, 2.05) is 18.2 Å². The lowest BCUT2D eigenvalue weighted by atomic mass is 9.80. The molecule has 2 N–H and O–H groups in total. The molecule has 4 heteroatoms. The second kappa shape index (κ2) is 6.20. The summed E-state index contributed by atoms with van der Waals surface area (Å²) in [5, 5.41) is 13.4. The molecule has 4 nitrogen and oxygen atoms in total. The molecule has 0 radical (unpaired) electrons. The average molecular weight is 297 g/mol. The molecule has 0 aliphatic heterocycles. The molecule has 1 unspecified atom stereocenters. The Morgan fingerprint density at radius 3 is 2.86 bits per heavy atom. The molecule has 2 aromatic rings. The zero-order valence-corrected chi connectivity index (χ0v) is 12.3. The van der Waals surface area contributed by atoms with Crippen molar-refractivity contribution in [1.82, 2.24) is 5.32 Å². The Kier molecular flexibility index (Phi) is 4.11. The summed E-state index contributed by atoms with van der Waals surface area (Å²) in [6, 6.07) is 11.7. The van der Waals surface area contributed by atoms with Crippen molar-refractivity contribution >= 4 is 12.0 Å². The number of amides is 1. The van der Waals surface area contributed by atoms with Crippen LogP contribution in [0.5, 0.6) is 0 Å². The van der Waals surface area contributed by atoms with E-state index in [0.717, 1.165) is 12.0 Å². The van der Waals surface area contributed by atoms with Gasteiger partial charge >= 0.3 is 0 Å². The Hall–Kier alpha value is -2.33. The van der Waals surface area contributed by atoms with Crippen LogP contribution in [0, 0.1) is 0 Å². The minimum Gasteiger partial charge on any atom is -0.465 e. The lowest BCUT2D eigenvalue weighted by Crippen LogP contribution is -2.46. The largest absolute Gasteiger partial charge is 0.465 e. The minimum atomic E-state index is -0.872. The van der Waals surface area contributed by atoms with Crippen molar-refractivity contribution < 1.29 is 14.3 Å². The monoisotopic (exact) mass is 297 g/mol. The number of furan rings is 1. The first-order valence-electron chi connectivity index (χ1n) is 7.43. The second-order valence-electron chi connectivity index (χ2n) is 5.74. The van der Waals surface area contributed by atoms with Crippen molar-refractivity contribution in [1.29, 1.82) is 0 Å². The maximum absolute atomic E-state index is 11.8. The fraction of sp³-hybridized carbons (Fsp3) is 0.278. The zero-order chi connectivity index (χ0) is 15.4. The van der Waals surface area contributed by atoms with E-state index < -0.39 is 5.60 Å². The van der Waals surface area contributed by atoms with Crippen molar-refractivity contribution in [3.63, 3.8) is 0 Å². The van der Waals surface area contributed by atoms with Gasteiger partial charge in [-0.25, -0.2) is 0 Å². The van der Waals surface area contributed by atoms with E-state index in [4.69, 9.17) is 4.42 Å². The number of carbonyl (C=O) groups is 1. The van der Waals surface area contributed by atoms with E-state index in [0.29, 0.717) is 18.6 Å². The van der Waals surface area contributed by atoms with Crippen LogP contribution in [0.1, 0.15) is 23.3 Å². The molecule has 1 aromatic heterocycles. The lowest BCUT2D eigenvalue weighted by Gasteiger charge is -2.33. The zero-order valence-electron chi connectivity index (χ0n) is 12.3. The van der Waals surface area contributed by atoms with E-state index in [9.17, 15) is 9.90 Å². The standard InChI is InChI=1S/C18H19NO3/c20-17(8-7-16-6-3-11-22-16)19-13-18(21)10-9-14-4-1-2-5-15(14)12-18/h1-8,11,21H,9-10,12-13H2,(H,19,20). The number of rotatable bonds is 4. The molecule has 1 aromatic carbocycles. The van der Waals surface area contributed by atoms with Crippen molar-refractivity contribution in [2.45, 2.75) is 24.9 Å². The number of aryl methyl sites for hydroxylation is 1. The minimum absolute atomic E-state index is 0.233. The topological polar surface area (TPSA) is 62.5 Å². The van der Waals surface area contributed by atoms with Gasteiger partial charge in [0.15, 0.2) is 0 Å². The molecule has 1 amide bonds. The van der Waals surface area contributed by atoms with Crippen LogP contribution in [0.2, 0.25) is 0 Å². The maximum Gasteiger partial charge on any atom is 0.244 e. The third kappa shape index (κ3) is 3.46. The Bertz CT molecular complexity index is 675. The molecule has 114 valence electrons. The number of hydrogen-bond donors (Lipinski definition) is 2. The number of aliphatic hydroxyl groups is 1. The van der Waals surface area contributed by atoms with E-state index in [1.54, 1.807) is 24.5 Å². The lowest BCUT2D eigenvalue weighted by molar-refractivity contribution is -0.117. The van der Waals surface area contributed by atoms with Crippen LogP contribution >= 0.6 is 0 Å². The Morgan fingerprint density at radius 2 is 2.09 bits per heavy atom. The maximum atomic E-state index is 11.8. The van der Waals surface area contributed by atoms with Gasteiger partial charge in [0.25, 0.3) is 0 Å². The highest BCUT2D eigenvalue weighted by molar-refractivity contribution is 5.91. The van der Waals surface area contributed by atoms with Gasteiger partial charge in [0.1, 0.15) is 5.76 Å². The molecule has 0 bridgehead atoms. The fourth-order valence-electron chi connectivity index (χ4n) is 2.79. The molecule has 1 aliphatic rings. The number of nitrogens with one attached hydrogen (secondary N) is 1. The van der Waals surface area contributed by atoms with Gasteiger partial charge in [-0.05, 0) is 42.2 Å². The predicted molar refractivity (Wildman–Crippen MR) is 84.2 cm³/mol. The highest BCUT2D eigenvalue weighted by Crippen LogP contribution is 2.28. The van der Waals surface area contributed by atoms with Gasteiger partial charge in [0, 0.05) is 19.0 Å². The summed E-state index contributed by atoms with van der Waals surface area (Å²) in [6.45, 7) is 0.253. The molecule has 3 rings (SSSR count). The van der Waals surface area contributed by atoms with Crippen molar-refractivity contribution in [3.05, 3.63) is 65.6 Å². The molecule has 0 fully saturated rings. The highest BCUT2D eigenvalue weighted by Gasteiger charge is 2.31. The average Bonchev–Trinajstić information content (AvgIpc) is 3.04. The van der Waals surface area contributed by atoms with E-state index in [-0.39, 0.29) is 12.5 Å². The van der Waals surface area contributed by atoms with Gasteiger partial charge in [0.05, 0.1) is 11.9 Å². The van der Waals surface area contributed by atoms with E-state index in [1.165, 1.54) is 11.6 Å². The first-order chi connectivity index (χ1) is 10.6. The van der Waals surface area contributed by atoms with Crippen LogP contribution in [-0.2, 0) is 17.6 Å². The number of benzene rings is 1. The Morgan fingerprint density at radius 1 is 1.27 bits per heavy atom. The first-order valence-corrected chi connectivity index (χ1v) is 7.43. The van der Waals surface area contributed by atoms with Crippen molar-refractivity contribution in [2.75, 3.05) is 6.54 Å². The smallest absolute Gasteiger partial charge is 0.244 e. The van der Waals surface area contributed by atoms with E-state index in [2.05, 4.69) is 11.4 Å². The summed E-state index contributed by atoms with van der Waals surface area (Å²) < 4.78 is 5.12. The van der Waals surface area contributed by atoms with Crippen molar-refractivity contribution in [3.8, 4) is 0 Å². The quantitative estimate of drug-likeness (QED) is 0.851. The summed E-state index contributed by atoms with van der Waals surface area (Å²) >= 11 is 0. The molecule has 0 saturated carbocycles. The summed E-state index contributed by atoms with van der Waals surface area (Å²) in [4.78, 5) is 11.8. The molecular formula is C18H19NO3. The van der Waals surface area contributed by atoms with Crippen LogP contribution < -0.4 is 5.32 Å². The molecule has 1 aliphatic carbocycles. The van der Waals surface area contributed by atoms with Gasteiger partial charge < -0.3 is 14.8 Å². The van der Waals surface area contributed by atoms with Gasteiger partial charge in [-0.1, -0.05) is 24.3 Å². The third-order valence-corrected chi connectivity index (χ3v) is 4.03. The summed E-state index contributed by atoms with van der Waals surface area (Å²) in [7, 11) is 0. The van der Waals surface area contributed by atoms with Gasteiger partial charge in [-0.3, -0.25) is 4.79 Å². The molecule has 1 heterocycles. The van der Waals surface area contributed by atoms with Gasteiger partial charge in [-0.2, -0.15) is 0 Å². The highest BCUT2D eigenvalue weighted by atomic mass is 16.3. The van der Waals surface area contributed by atoms with Gasteiger partial charge in [0.2, 0.25) is 5.91 Å². The van der Waals surface area contributed by atoms with Crippen LogP contribution in [0.4, 0.5) is 0 Å². The molecule has 22 heavy (non-hydrogen) atoms. The molecule has 1 atom stereocenters. The third-order valence-electron chi connectivity index (χ3n) is 4.03. The fourth-order valence-corrected chi connectivity index (χ4v) is 2.79. The van der Waals surface area contributed by atoms with Crippen molar-refractivity contribution in [2.24, 2.45) is 0 Å². The summed E-state index contributed by atoms with van der Waals surface area (Å²) in [5.41, 5.74) is 1.58. The number of carbonyl (C=O) groups excluding carboxylic acids is 1. The number of fused-ring (bicyclic) bond motifs is 1. The molecular weight excluding hydrogens is 278 g/mol. The number of hydrogen-bond acceptors (Lipinski definition) is 3. The van der Waals surface area contributed by atoms with Crippen LogP contribution in [0.25, 0.3) is 6.08 Å². The predicted octanol–water partition coefficient (Wildman–Crippen LogP) is 2.33. The summed E-state index contributed by atoms with van der Waals surface area (Å²) in [5.74, 6) is 0.393. The Labute approximate surface area is 129 Å². The second-order valence-corrected chi connectivity index (χ2v) is 5.74. The Balaban J connectivity index is 1.56. The van der Waals surface area contributed by atoms with E-state index >= 15 is 0 Å². The summed E-state index contributed by atoms with van der Waals surface area (Å²) in [6.07, 6.45) is 6.65. The van der Waals surface area contributed by atoms with Crippen LogP contribution in [0.15, 0.2) is 53.2 Å². The van der Waals surface area contributed by atoms with Crippen LogP contribution in [-0.4, -0.2) is 23.2 Å². The molecule has 0 spiro atoms. The van der Waals surface area contributed by atoms with Crippen LogP contribution in [0.3, 0.4) is 0 Å². The van der Waals surface area contributed by atoms with Gasteiger partial charge in [-0.15, -0.1) is 0 Å². The first kappa shape index (κ1) is 14.6. The SMILES string of the molecule is O=C(C=Cc1ccco1)NCC1(O)CCc2ccccc2C1. The normalized spacial score (nSPS) is 20.8.